The van der Waals surface area contributed by atoms with Crippen LogP contribution in [0.4, 0.5) is 5.69 Å². The van der Waals surface area contributed by atoms with Crippen molar-refractivity contribution in [3.8, 4) is 11.5 Å². The van der Waals surface area contributed by atoms with Crippen molar-refractivity contribution in [2.45, 2.75) is 13.8 Å². The number of aryl methyl sites for hydroxylation is 1. The summed E-state index contributed by atoms with van der Waals surface area (Å²) in [6.45, 7) is 4.38. The molecular weight excluding hydrogens is 326 g/mol. The number of hydrogen-bond donors (Lipinski definition) is 1. The second-order valence-corrected chi connectivity index (χ2v) is 5.54. The van der Waals surface area contributed by atoms with E-state index in [2.05, 4.69) is 5.32 Å². The molecule has 0 aliphatic heterocycles. The fraction of sp³-hybridized carbons (Fsp3) is 0.211. The van der Waals surface area contributed by atoms with Crippen molar-refractivity contribution in [1.29, 1.82) is 0 Å². The lowest BCUT2D eigenvalue weighted by atomic mass is 10.2. The number of amides is 1. The summed E-state index contributed by atoms with van der Waals surface area (Å²) in [5, 5.41) is 3.39. The van der Waals surface area contributed by atoms with Crippen LogP contribution in [0.2, 0.25) is 5.02 Å². The number of methoxy groups -OCH3 is 1. The van der Waals surface area contributed by atoms with E-state index in [9.17, 15) is 4.79 Å². The molecule has 1 N–H and O–H groups in total. The van der Waals surface area contributed by atoms with Gasteiger partial charge >= 0.3 is 0 Å². The first kappa shape index (κ1) is 17.9. The fourth-order valence-electron chi connectivity index (χ4n) is 2.09. The summed E-state index contributed by atoms with van der Waals surface area (Å²) < 4.78 is 10.8. The highest BCUT2D eigenvalue weighted by Gasteiger charge is 2.05. The topological polar surface area (TPSA) is 47.6 Å². The maximum absolute atomic E-state index is 12.0. The predicted molar refractivity (Wildman–Crippen MR) is 98.0 cm³/mol. The van der Waals surface area contributed by atoms with Crippen molar-refractivity contribution >= 4 is 29.3 Å². The van der Waals surface area contributed by atoms with Crippen LogP contribution >= 0.6 is 11.6 Å². The Labute approximate surface area is 147 Å². The first-order valence-electron chi connectivity index (χ1n) is 7.59. The molecule has 126 valence electrons. The molecule has 0 aliphatic rings. The molecule has 5 heteroatoms. The van der Waals surface area contributed by atoms with Crippen molar-refractivity contribution in [2.75, 3.05) is 19.0 Å². The van der Waals surface area contributed by atoms with Crippen LogP contribution < -0.4 is 14.8 Å². The van der Waals surface area contributed by atoms with Crippen molar-refractivity contribution < 1.29 is 14.3 Å². The Morgan fingerprint density at radius 2 is 2.00 bits per heavy atom. The smallest absolute Gasteiger partial charge is 0.248 e. The van der Waals surface area contributed by atoms with Crippen LogP contribution in [0.5, 0.6) is 11.5 Å². The number of benzene rings is 2. The molecule has 4 nitrogen and oxygen atoms in total. The largest absolute Gasteiger partial charge is 0.493 e. The van der Waals surface area contributed by atoms with Gasteiger partial charge in [-0.25, -0.2) is 0 Å². The zero-order valence-electron chi connectivity index (χ0n) is 13.9. The summed E-state index contributed by atoms with van der Waals surface area (Å²) in [5.74, 6) is 1.07. The van der Waals surface area contributed by atoms with Gasteiger partial charge < -0.3 is 14.8 Å². The third kappa shape index (κ3) is 4.77. The monoisotopic (exact) mass is 345 g/mol. The average molecular weight is 346 g/mol. The first-order valence-corrected chi connectivity index (χ1v) is 7.97. The van der Waals surface area contributed by atoms with E-state index in [1.807, 2.05) is 44.2 Å². The molecule has 2 rings (SSSR count). The minimum atomic E-state index is -0.234. The molecule has 0 saturated carbocycles. The quantitative estimate of drug-likeness (QED) is 0.771. The van der Waals surface area contributed by atoms with Crippen LogP contribution in [0, 0.1) is 6.92 Å². The number of ether oxygens (including phenoxy) is 2. The van der Waals surface area contributed by atoms with Crippen LogP contribution in [0.25, 0.3) is 6.08 Å². The lowest BCUT2D eigenvalue weighted by Gasteiger charge is -2.09. The molecule has 0 fully saturated rings. The number of carbonyl (C=O) groups excluding carboxylic acids is 1. The Kier molecular flexibility index (Phi) is 6.27. The number of anilines is 1. The number of rotatable bonds is 6. The normalized spacial score (nSPS) is 10.7. The van der Waals surface area contributed by atoms with Gasteiger partial charge in [-0.1, -0.05) is 23.7 Å². The molecule has 0 spiro atoms. The highest BCUT2D eigenvalue weighted by Crippen LogP contribution is 2.28. The van der Waals surface area contributed by atoms with E-state index >= 15 is 0 Å². The highest BCUT2D eigenvalue weighted by atomic mass is 35.5. The van der Waals surface area contributed by atoms with Gasteiger partial charge in [0.15, 0.2) is 11.5 Å². The minimum absolute atomic E-state index is 0.234. The lowest BCUT2D eigenvalue weighted by molar-refractivity contribution is -0.111. The first-order chi connectivity index (χ1) is 11.5. The third-order valence-electron chi connectivity index (χ3n) is 3.35. The second-order valence-electron chi connectivity index (χ2n) is 5.13. The molecule has 2 aromatic carbocycles. The maximum atomic E-state index is 12.0. The maximum Gasteiger partial charge on any atom is 0.248 e. The molecule has 1 amide bonds. The molecule has 0 radical (unpaired) electrons. The standard InChI is InChI=1S/C19H20ClNO3/c1-4-24-17-9-6-14(11-18(17)23-3)7-10-19(22)21-15-8-5-13(2)16(20)12-15/h5-12H,4H2,1-3H3,(H,21,22). The summed E-state index contributed by atoms with van der Waals surface area (Å²) >= 11 is 6.05. The summed E-state index contributed by atoms with van der Waals surface area (Å²) in [7, 11) is 1.58. The van der Waals surface area contributed by atoms with E-state index in [0.29, 0.717) is 28.8 Å². The van der Waals surface area contributed by atoms with E-state index < -0.39 is 0 Å². The van der Waals surface area contributed by atoms with Crippen molar-refractivity contribution in [3.63, 3.8) is 0 Å². The van der Waals surface area contributed by atoms with Crippen LogP contribution in [0.1, 0.15) is 18.1 Å². The minimum Gasteiger partial charge on any atom is -0.493 e. The van der Waals surface area contributed by atoms with Crippen molar-refractivity contribution in [2.24, 2.45) is 0 Å². The highest BCUT2D eigenvalue weighted by molar-refractivity contribution is 6.31. The van der Waals surface area contributed by atoms with Gasteiger partial charge in [0.1, 0.15) is 0 Å². The Morgan fingerprint density at radius 3 is 2.67 bits per heavy atom. The lowest BCUT2D eigenvalue weighted by Crippen LogP contribution is -2.07. The molecule has 0 atom stereocenters. The van der Waals surface area contributed by atoms with Crippen molar-refractivity contribution in [3.05, 3.63) is 58.6 Å². The molecule has 24 heavy (non-hydrogen) atoms. The SMILES string of the molecule is CCOc1ccc(C=CC(=O)Nc2ccc(C)c(Cl)c2)cc1OC. The number of nitrogens with one attached hydrogen (secondary N) is 1. The summed E-state index contributed by atoms with van der Waals surface area (Å²) in [6, 6.07) is 10.9. The predicted octanol–water partition coefficient (Wildman–Crippen LogP) is 4.71. The van der Waals surface area contributed by atoms with E-state index in [-0.39, 0.29) is 5.91 Å². The number of carbonyl (C=O) groups is 1. The summed E-state index contributed by atoms with van der Waals surface area (Å²) in [4.78, 5) is 12.0. The van der Waals surface area contributed by atoms with Crippen LogP contribution in [0.3, 0.4) is 0 Å². The molecule has 0 unspecified atom stereocenters. The molecule has 0 bridgehead atoms. The number of hydrogen-bond acceptors (Lipinski definition) is 3. The molecule has 2 aromatic rings. The fourth-order valence-corrected chi connectivity index (χ4v) is 2.27. The van der Waals surface area contributed by atoms with E-state index in [1.165, 1.54) is 6.08 Å². The zero-order valence-corrected chi connectivity index (χ0v) is 14.7. The molecule has 0 aliphatic carbocycles. The van der Waals surface area contributed by atoms with Gasteiger partial charge in [0.2, 0.25) is 5.91 Å². The van der Waals surface area contributed by atoms with Crippen LogP contribution in [-0.2, 0) is 4.79 Å². The summed E-state index contributed by atoms with van der Waals surface area (Å²) in [5.41, 5.74) is 2.46. The van der Waals surface area contributed by atoms with Gasteiger partial charge in [-0.15, -0.1) is 0 Å². The second kappa shape index (κ2) is 8.41. The van der Waals surface area contributed by atoms with Crippen LogP contribution in [0.15, 0.2) is 42.5 Å². The average Bonchev–Trinajstić information content (AvgIpc) is 2.57. The van der Waals surface area contributed by atoms with Gasteiger partial charge in [-0.05, 0) is 55.3 Å². The third-order valence-corrected chi connectivity index (χ3v) is 3.76. The van der Waals surface area contributed by atoms with Crippen molar-refractivity contribution in [1.82, 2.24) is 0 Å². The summed E-state index contributed by atoms with van der Waals surface area (Å²) in [6.07, 6.45) is 3.17. The Hall–Kier alpha value is -2.46. The van der Waals surface area contributed by atoms with Gasteiger partial charge in [0, 0.05) is 16.8 Å². The van der Waals surface area contributed by atoms with Gasteiger partial charge in [-0.2, -0.15) is 0 Å². The van der Waals surface area contributed by atoms with E-state index in [4.69, 9.17) is 21.1 Å². The Balaban J connectivity index is 2.06. The zero-order chi connectivity index (χ0) is 17.5. The Morgan fingerprint density at radius 1 is 1.21 bits per heavy atom. The van der Waals surface area contributed by atoms with E-state index in [0.717, 1.165) is 11.1 Å². The molecule has 0 aromatic heterocycles. The van der Waals surface area contributed by atoms with Gasteiger partial charge in [0.05, 0.1) is 13.7 Å². The molecule has 0 saturated heterocycles. The van der Waals surface area contributed by atoms with Gasteiger partial charge in [0.25, 0.3) is 0 Å². The Bertz CT molecular complexity index is 756. The van der Waals surface area contributed by atoms with Crippen LogP contribution in [-0.4, -0.2) is 19.6 Å². The number of halogens is 1. The van der Waals surface area contributed by atoms with E-state index in [1.54, 1.807) is 19.3 Å². The van der Waals surface area contributed by atoms with Gasteiger partial charge in [-0.3, -0.25) is 4.79 Å². The molecule has 0 heterocycles. The molecular formula is C19H20ClNO3.